The van der Waals surface area contributed by atoms with Crippen LogP contribution in [0, 0.1) is 0 Å². The summed E-state index contributed by atoms with van der Waals surface area (Å²) in [5.74, 6) is 0. The lowest BCUT2D eigenvalue weighted by atomic mass is 10.1. The third kappa shape index (κ3) is 4.13. The summed E-state index contributed by atoms with van der Waals surface area (Å²) < 4.78 is 27.9. The zero-order valence-corrected chi connectivity index (χ0v) is 14.5. The van der Waals surface area contributed by atoms with E-state index in [1.54, 1.807) is 12.1 Å². The van der Waals surface area contributed by atoms with E-state index in [-0.39, 0.29) is 6.10 Å². The highest BCUT2D eigenvalue weighted by atomic mass is 32.2. The van der Waals surface area contributed by atoms with E-state index >= 15 is 0 Å². The van der Waals surface area contributed by atoms with Crippen LogP contribution < -0.4 is 4.72 Å². The zero-order valence-electron chi connectivity index (χ0n) is 13.7. The smallest absolute Gasteiger partial charge is 0.241 e. The normalized spacial score (nSPS) is 17.4. The number of benzene rings is 2. The van der Waals surface area contributed by atoms with Crippen molar-refractivity contribution in [2.45, 2.75) is 30.3 Å². The van der Waals surface area contributed by atoms with Crippen LogP contribution in [0.2, 0.25) is 0 Å². The second-order valence-electron chi connectivity index (χ2n) is 6.30. The first kappa shape index (κ1) is 17.4. The van der Waals surface area contributed by atoms with Crippen molar-refractivity contribution in [2.24, 2.45) is 0 Å². The van der Waals surface area contributed by atoms with E-state index in [9.17, 15) is 13.5 Å². The van der Waals surface area contributed by atoms with Gasteiger partial charge < -0.3 is 10.0 Å². The van der Waals surface area contributed by atoms with E-state index in [1.165, 1.54) is 0 Å². The molecular formula is C18H24N2O3S. The Balaban J connectivity index is 1.58. The maximum Gasteiger partial charge on any atom is 0.241 e. The third-order valence-electron chi connectivity index (χ3n) is 4.54. The fourth-order valence-corrected chi connectivity index (χ4v) is 4.46. The van der Waals surface area contributed by atoms with Crippen molar-refractivity contribution in [3.05, 3.63) is 42.5 Å². The van der Waals surface area contributed by atoms with Crippen molar-refractivity contribution in [1.29, 1.82) is 0 Å². The number of rotatable bonds is 6. The zero-order chi connectivity index (χ0) is 17.0. The molecule has 0 saturated carbocycles. The van der Waals surface area contributed by atoms with E-state index < -0.39 is 10.0 Å². The molecule has 24 heavy (non-hydrogen) atoms. The highest BCUT2D eigenvalue weighted by Gasteiger charge is 2.18. The lowest BCUT2D eigenvalue weighted by Crippen LogP contribution is -2.37. The molecule has 1 aliphatic rings. The van der Waals surface area contributed by atoms with Gasteiger partial charge in [-0.25, -0.2) is 13.1 Å². The molecule has 0 radical (unpaired) electrons. The molecule has 0 unspecified atom stereocenters. The minimum atomic E-state index is -3.51. The number of nitrogens with zero attached hydrogens (tertiary/aromatic N) is 1. The van der Waals surface area contributed by atoms with Crippen LogP contribution in [-0.2, 0) is 10.0 Å². The van der Waals surface area contributed by atoms with E-state index in [4.69, 9.17) is 0 Å². The molecule has 5 nitrogen and oxygen atoms in total. The van der Waals surface area contributed by atoms with E-state index in [1.807, 2.05) is 30.3 Å². The summed E-state index contributed by atoms with van der Waals surface area (Å²) in [6, 6.07) is 12.8. The van der Waals surface area contributed by atoms with E-state index in [0.29, 0.717) is 11.4 Å². The van der Waals surface area contributed by atoms with Gasteiger partial charge in [-0.15, -0.1) is 0 Å². The maximum absolute atomic E-state index is 12.6. The summed E-state index contributed by atoms with van der Waals surface area (Å²) in [4.78, 5) is 2.61. The van der Waals surface area contributed by atoms with Crippen molar-refractivity contribution in [2.75, 3.05) is 26.2 Å². The van der Waals surface area contributed by atoms with E-state index in [0.717, 1.165) is 49.7 Å². The topological polar surface area (TPSA) is 69.6 Å². The number of nitrogens with one attached hydrogen (secondary N) is 1. The Bertz CT molecular complexity index is 778. The Hall–Kier alpha value is -1.47. The molecule has 0 bridgehead atoms. The largest absolute Gasteiger partial charge is 0.393 e. The Morgan fingerprint density at radius 3 is 2.58 bits per heavy atom. The van der Waals surface area contributed by atoms with E-state index in [2.05, 4.69) is 9.62 Å². The summed E-state index contributed by atoms with van der Waals surface area (Å²) in [6.45, 7) is 3.05. The molecule has 1 fully saturated rings. The number of piperidine rings is 1. The monoisotopic (exact) mass is 348 g/mol. The molecule has 1 heterocycles. The molecule has 2 N–H and O–H groups in total. The molecule has 0 aliphatic carbocycles. The summed E-state index contributed by atoms with van der Waals surface area (Å²) >= 11 is 0. The Kier molecular flexibility index (Phi) is 5.50. The number of hydrogen-bond donors (Lipinski definition) is 2. The molecule has 0 amide bonds. The molecule has 1 saturated heterocycles. The average Bonchev–Trinajstić information content (AvgIpc) is 2.60. The number of aliphatic hydroxyl groups excluding tert-OH is 1. The highest BCUT2D eigenvalue weighted by Crippen LogP contribution is 2.22. The van der Waals surface area contributed by atoms with Gasteiger partial charge in [0.15, 0.2) is 0 Å². The number of likely N-dealkylation sites (tertiary alicyclic amines) is 1. The average molecular weight is 348 g/mol. The minimum absolute atomic E-state index is 0.175. The number of fused-ring (bicyclic) bond motifs is 1. The Morgan fingerprint density at radius 1 is 1.08 bits per heavy atom. The van der Waals surface area contributed by atoms with Gasteiger partial charge in [0, 0.05) is 25.0 Å². The predicted octanol–water partition coefficient (Wildman–Crippen LogP) is 1.96. The van der Waals surface area contributed by atoms with Crippen LogP contribution in [0.25, 0.3) is 10.8 Å². The second kappa shape index (κ2) is 7.61. The highest BCUT2D eigenvalue weighted by molar-refractivity contribution is 7.89. The van der Waals surface area contributed by atoms with Crippen LogP contribution in [0.4, 0.5) is 0 Å². The number of hydrogen-bond acceptors (Lipinski definition) is 4. The molecular weight excluding hydrogens is 324 g/mol. The molecule has 0 atom stereocenters. The summed E-state index contributed by atoms with van der Waals surface area (Å²) in [6.07, 6.45) is 2.20. The van der Waals surface area contributed by atoms with Crippen molar-refractivity contribution < 1.29 is 13.5 Å². The third-order valence-corrected chi connectivity index (χ3v) is 6.06. The van der Waals surface area contributed by atoms with Crippen LogP contribution in [0.3, 0.4) is 0 Å². The van der Waals surface area contributed by atoms with Crippen LogP contribution in [0.5, 0.6) is 0 Å². The minimum Gasteiger partial charge on any atom is -0.393 e. The number of aliphatic hydroxyl groups is 1. The van der Waals surface area contributed by atoms with Crippen molar-refractivity contribution in [1.82, 2.24) is 9.62 Å². The Morgan fingerprint density at radius 2 is 1.79 bits per heavy atom. The molecule has 0 aromatic heterocycles. The van der Waals surface area contributed by atoms with Gasteiger partial charge in [-0.1, -0.05) is 36.4 Å². The fourth-order valence-electron chi connectivity index (χ4n) is 3.16. The summed E-state index contributed by atoms with van der Waals surface area (Å²) in [7, 11) is -3.51. The molecule has 3 rings (SSSR count). The van der Waals surface area contributed by atoms with Gasteiger partial charge in [0.05, 0.1) is 11.0 Å². The van der Waals surface area contributed by atoms with Gasteiger partial charge >= 0.3 is 0 Å². The van der Waals surface area contributed by atoms with Gasteiger partial charge in [0.2, 0.25) is 10.0 Å². The lowest BCUT2D eigenvalue weighted by molar-refractivity contribution is 0.0823. The summed E-state index contributed by atoms with van der Waals surface area (Å²) in [5, 5.41) is 11.2. The van der Waals surface area contributed by atoms with Crippen molar-refractivity contribution in [3.63, 3.8) is 0 Å². The standard InChI is InChI=1S/C18H24N2O3S/c21-16-9-13-20(14-10-16)12-4-11-19-24(22,23)18-8-3-6-15-5-1-2-7-17(15)18/h1-3,5-8,16,19,21H,4,9-14H2. The van der Waals surface area contributed by atoms with Crippen LogP contribution in [0.15, 0.2) is 47.4 Å². The molecule has 0 spiro atoms. The molecule has 2 aromatic rings. The SMILES string of the molecule is O=S(=O)(NCCCN1CCC(O)CC1)c1cccc2ccccc12. The van der Waals surface area contributed by atoms with Gasteiger partial charge in [0.25, 0.3) is 0 Å². The summed E-state index contributed by atoms with van der Waals surface area (Å²) in [5.41, 5.74) is 0. The number of sulfonamides is 1. The lowest BCUT2D eigenvalue weighted by Gasteiger charge is -2.29. The molecule has 6 heteroatoms. The quantitative estimate of drug-likeness (QED) is 0.783. The molecule has 2 aromatic carbocycles. The Labute approximate surface area is 143 Å². The fraction of sp³-hybridized carbons (Fsp3) is 0.444. The van der Waals surface area contributed by atoms with Crippen molar-refractivity contribution >= 4 is 20.8 Å². The molecule has 130 valence electrons. The maximum atomic E-state index is 12.6. The predicted molar refractivity (Wildman–Crippen MR) is 95.4 cm³/mol. The van der Waals surface area contributed by atoms with Crippen molar-refractivity contribution in [3.8, 4) is 0 Å². The first-order chi connectivity index (χ1) is 11.6. The first-order valence-electron chi connectivity index (χ1n) is 8.44. The van der Waals surface area contributed by atoms with Gasteiger partial charge in [0.1, 0.15) is 0 Å². The second-order valence-corrected chi connectivity index (χ2v) is 8.04. The van der Waals surface area contributed by atoms with Crippen LogP contribution in [0.1, 0.15) is 19.3 Å². The van der Waals surface area contributed by atoms with Crippen LogP contribution in [-0.4, -0.2) is 50.7 Å². The van der Waals surface area contributed by atoms with Crippen LogP contribution >= 0.6 is 0 Å². The van der Waals surface area contributed by atoms with Gasteiger partial charge in [-0.2, -0.15) is 0 Å². The van der Waals surface area contributed by atoms with Gasteiger partial charge in [-0.05, 0) is 37.3 Å². The first-order valence-corrected chi connectivity index (χ1v) is 9.92. The van der Waals surface area contributed by atoms with Gasteiger partial charge in [-0.3, -0.25) is 0 Å². The molecule has 1 aliphatic heterocycles.